The lowest BCUT2D eigenvalue weighted by atomic mass is 10.4. The van der Waals surface area contributed by atoms with Crippen molar-refractivity contribution in [3.8, 4) is 0 Å². The van der Waals surface area contributed by atoms with Crippen LogP contribution in [0.4, 0.5) is 5.82 Å². The van der Waals surface area contributed by atoms with E-state index in [4.69, 9.17) is 0 Å². The minimum absolute atomic E-state index is 0.997. The molecule has 1 aromatic rings. The van der Waals surface area contributed by atoms with E-state index < -0.39 is 0 Å². The van der Waals surface area contributed by atoms with Gasteiger partial charge in [0.2, 0.25) is 0 Å². The molecule has 1 aliphatic heterocycles. The molecule has 2 heterocycles. The van der Waals surface area contributed by atoms with Crippen LogP contribution in [0.3, 0.4) is 0 Å². The number of hydrogen-bond donors (Lipinski definition) is 0. The van der Waals surface area contributed by atoms with Gasteiger partial charge >= 0.3 is 0 Å². The van der Waals surface area contributed by atoms with Gasteiger partial charge in [-0.2, -0.15) is 0 Å². The maximum atomic E-state index is 4.19. The largest absolute Gasteiger partial charge is 0.333 e. The lowest BCUT2D eigenvalue weighted by Gasteiger charge is -2.13. The number of aryl methyl sites for hydroxylation is 1. The standard InChI is InChI=1S/C9H11N3/c1-8-6-9(11-7-10-8)12-4-2-3-5-12/h2,4,6-7H,3,5H2,1H3. The average molecular weight is 161 g/mol. The van der Waals surface area contributed by atoms with Gasteiger partial charge in [0.15, 0.2) is 0 Å². The molecule has 2 rings (SSSR count). The summed E-state index contributed by atoms with van der Waals surface area (Å²) in [7, 11) is 0. The van der Waals surface area contributed by atoms with Crippen LogP contribution < -0.4 is 4.90 Å². The highest BCUT2D eigenvalue weighted by atomic mass is 15.2. The van der Waals surface area contributed by atoms with Gasteiger partial charge in [-0.3, -0.25) is 0 Å². The smallest absolute Gasteiger partial charge is 0.136 e. The van der Waals surface area contributed by atoms with E-state index >= 15 is 0 Å². The molecular formula is C9H11N3. The molecule has 1 aliphatic rings. The van der Waals surface area contributed by atoms with Crippen molar-refractivity contribution in [3.63, 3.8) is 0 Å². The second-order valence-electron chi connectivity index (χ2n) is 2.88. The van der Waals surface area contributed by atoms with Crippen molar-refractivity contribution in [2.75, 3.05) is 11.4 Å². The van der Waals surface area contributed by atoms with E-state index in [1.807, 2.05) is 13.0 Å². The minimum atomic E-state index is 0.997. The summed E-state index contributed by atoms with van der Waals surface area (Å²) < 4.78 is 0. The van der Waals surface area contributed by atoms with E-state index in [1.165, 1.54) is 0 Å². The predicted octanol–water partition coefficient (Wildman–Crippen LogP) is 1.51. The number of rotatable bonds is 1. The van der Waals surface area contributed by atoms with Crippen molar-refractivity contribution >= 4 is 5.82 Å². The molecule has 0 fully saturated rings. The first-order valence-corrected chi connectivity index (χ1v) is 4.08. The Morgan fingerprint density at radius 3 is 3.00 bits per heavy atom. The van der Waals surface area contributed by atoms with E-state index in [0.717, 1.165) is 24.5 Å². The Morgan fingerprint density at radius 1 is 1.42 bits per heavy atom. The molecule has 0 aromatic carbocycles. The summed E-state index contributed by atoms with van der Waals surface area (Å²) in [5.41, 5.74) is 1.01. The summed E-state index contributed by atoms with van der Waals surface area (Å²) in [5.74, 6) is 0.997. The first-order valence-electron chi connectivity index (χ1n) is 4.08. The molecule has 0 saturated carbocycles. The Labute approximate surface area is 71.8 Å². The first-order chi connectivity index (χ1) is 5.86. The van der Waals surface area contributed by atoms with Crippen LogP contribution in [0, 0.1) is 6.92 Å². The molecule has 0 aliphatic carbocycles. The molecule has 0 amide bonds. The second kappa shape index (κ2) is 2.93. The molecule has 0 bridgehead atoms. The maximum absolute atomic E-state index is 4.19. The van der Waals surface area contributed by atoms with Crippen LogP contribution in [0.1, 0.15) is 12.1 Å². The van der Waals surface area contributed by atoms with E-state index in [-0.39, 0.29) is 0 Å². The summed E-state index contributed by atoms with van der Waals surface area (Å²) in [6.45, 7) is 3.02. The number of anilines is 1. The summed E-state index contributed by atoms with van der Waals surface area (Å²) in [5, 5.41) is 0. The summed E-state index contributed by atoms with van der Waals surface area (Å²) in [4.78, 5) is 10.4. The normalized spacial score (nSPS) is 15.6. The Morgan fingerprint density at radius 2 is 2.33 bits per heavy atom. The molecule has 0 radical (unpaired) electrons. The zero-order valence-corrected chi connectivity index (χ0v) is 7.07. The van der Waals surface area contributed by atoms with Gasteiger partial charge < -0.3 is 4.90 Å². The van der Waals surface area contributed by atoms with Gasteiger partial charge in [-0.1, -0.05) is 6.08 Å². The van der Waals surface area contributed by atoms with Gasteiger partial charge in [0.05, 0.1) is 0 Å². The van der Waals surface area contributed by atoms with Gasteiger partial charge in [-0.25, -0.2) is 9.97 Å². The highest BCUT2D eigenvalue weighted by molar-refractivity contribution is 5.43. The van der Waals surface area contributed by atoms with Crippen molar-refractivity contribution in [1.82, 2.24) is 9.97 Å². The summed E-state index contributed by atoms with van der Waals surface area (Å²) in [6.07, 6.45) is 6.94. The van der Waals surface area contributed by atoms with E-state index in [2.05, 4.69) is 27.1 Å². The summed E-state index contributed by atoms with van der Waals surface area (Å²) in [6, 6.07) is 2.00. The van der Waals surface area contributed by atoms with E-state index in [1.54, 1.807) is 6.33 Å². The SMILES string of the molecule is Cc1cc(N2C=CCC2)ncn1. The Balaban J connectivity index is 2.27. The quantitative estimate of drug-likeness (QED) is 0.625. The molecular weight excluding hydrogens is 150 g/mol. The zero-order valence-electron chi connectivity index (χ0n) is 7.07. The van der Waals surface area contributed by atoms with E-state index in [9.17, 15) is 0 Å². The van der Waals surface area contributed by atoms with Crippen LogP contribution in [0.15, 0.2) is 24.7 Å². The molecule has 3 heteroatoms. The fourth-order valence-corrected chi connectivity index (χ4v) is 1.28. The van der Waals surface area contributed by atoms with Gasteiger partial charge in [-0.15, -0.1) is 0 Å². The summed E-state index contributed by atoms with van der Waals surface area (Å²) >= 11 is 0. The fourth-order valence-electron chi connectivity index (χ4n) is 1.28. The van der Waals surface area contributed by atoms with Crippen molar-refractivity contribution in [1.29, 1.82) is 0 Å². The van der Waals surface area contributed by atoms with Crippen LogP contribution in [0.2, 0.25) is 0 Å². The van der Waals surface area contributed by atoms with Crippen LogP contribution in [-0.2, 0) is 0 Å². The topological polar surface area (TPSA) is 29.0 Å². The van der Waals surface area contributed by atoms with Crippen molar-refractivity contribution in [3.05, 3.63) is 30.4 Å². The zero-order chi connectivity index (χ0) is 8.39. The molecule has 1 aromatic heterocycles. The van der Waals surface area contributed by atoms with Crippen LogP contribution in [0.5, 0.6) is 0 Å². The molecule has 0 N–H and O–H groups in total. The molecule has 0 unspecified atom stereocenters. The fraction of sp³-hybridized carbons (Fsp3) is 0.333. The molecule has 12 heavy (non-hydrogen) atoms. The van der Waals surface area contributed by atoms with Crippen molar-refractivity contribution in [2.45, 2.75) is 13.3 Å². The minimum Gasteiger partial charge on any atom is -0.333 e. The molecule has 0 atom stereocenters. The monoisotopic (exact) mass is 161 g/mol. The molecule has 0 spiro atoms. The predicted molar refractivity (Wildman–Crippen MR) is 47.9 cm³/mol. The lowest BCUT2D eigenvalue weighted by Crippen LogP contribution is -2.13. The van der Waals surface area contributed by atoms with Gasteiger partial charge in [0.25, 0.3) is 0 Å². The highest BCUT2D eigenvalue weighted by Gasteiger charge is 2.07. The third-order valence-electron chi connectivity index (χ3n) is 1.91. The number of nitrogens with zero attached hydrogens (tertiary/aromatic N) is 3. The first kappa shape index (κ1) is 7.28. The third kappa shape index (κ3) is 1.30. The van der Waals surface area contributed by atoms with Gasteiger partial charge in [-0.05, 0) is 13.3 Å². The van der Waals surface area contributed by atoms with Gasteiger partial charge in [0.1, 0.15) is 12.1 Å². The van der Waals surface area contributed by atoms with E-state index in [0.29, 0.717) is 0 Å². The lowest BCUT2D eigenvalue weighted by molar-refractivity contribution is 0.953. The number of aromatic nitrogens is 2. The van der Waals surface area contributed by atoms with Crippen LogP contribution in [0.25, 0.3) is 0 Å². The van der Waals surface area contributed by atoms with Crippen LogP contribution >= 0.6 is 0 Å². The Bertz CT molecular complexity index is 306. The Hall–Kier alpha value is -1.38. The molecule has 62 valence electrons. The average Bonchev–Trinajstić information content (AvgIpc) is 2.56. The molecule has 3 nitrogen and oxygen atoms in total. The van der Waals surface area contributed by atoms with Gasteiger partial charge in [0, 0.05) is 24.5 Å². The van der Waals surface area contributed by atoms with Crippen LogP contribution in [-0.4, -0.2) is 16.5 Å². The Kier molecular flexibility index (Phi) is 1.78. The molecule has 0 saturated heterocycles. The van der Waals surface area contributed by atoms with Crippen molar-refractivity contribution in [2.24, 2.45) is 0 Å². The third-order valence-corrected chi connectivity index (χ3v) is 1.91. The second-order valence-corrected chi connectivity index (χ2v) is 2.88. The van der Waals surface area contributed by atoms with Crippen molar-refractivity contribution < 1.29 is 0 Å². The number of hydrogen-bond acceptors (Lipinski definition) is 3. The maximum Gasteiger partial charge on any atom is 0.136 e. The highest BCUT2D eigenvalue weighted by Crippen LogP contribution is 2.15.